The summed E-state index contributed by atoms with van der Waals surface area (Å²) in [5, 5.41) is 3.04. The van der Waals surface area contributed by atoms with Crippen molar-refractivity contribution in [3.05, 3.63) is 29.3 Å². The molecule has 1 aromatic carbocycles. The first kappa shape index (κ1) is 22.6. The number of amides is 2. The summed E-state index contributed by atoms with van der Waals surface area (Å²) in [5.41, 5.74) is 2.25. The van der Waals surface area contributed by atoms with Crippen LogP contribution in [0.5, 0.6) is 5.75 Å². The van der Waals surface area contributed by atoms with Crippen molar-refractivity contribution in [1.29, 1.82) is 0 Å². The standard InChI is InChI=1S/C24H37N3O3/c1-19(2)27-17-21-16-20(9-11-24(29)26-13-5-6-14-26)8-10-22(21)30-15-7-3-4-12-25-23(28)18-27/h8,10,16,19H,3-7,9,11-15,17-18H2,1-2H3,(H,25,28). The monoisotopic (exact) mass is 415 g/mol. The lowest BCUT2D eigenvalue weighted by Crippen LogP contribution is -2.40. The van der Waals surface area contributed by atoms with Crippen molar-refractivity contribution in [3.8, 4) is 5.75 Å². The minimum Gasteiger partial charge on any atom is -0.493 e. The number of hydrogen-bond acceptors (Lipinski definition) is 4. The van der Waals surface area contributed by atoms with Crippen LogP contribution < -0.4 is 10.1 Å². The summed E-state index contributed by atoms with van der Waals surface area (Å²) in [4.78, 5) is 28.9. The van der Waals surface area contributed by atoms with Gasteiger partial charge in [-0.25, -0.2) is 0 Å². The predicted octanol–water partition coefficient (Wildman–Crippen LogP) is 3.13. The van der Waals surface area contributed by atoms with E-state index in [1.807, 2.05) is 11.0 Å². The smallest absolute Gasteiger partial charge is 0.234 e. The van der Waals surface area contributed by atoms with Crippen molar-refractivity contribution in [1.82, 2.24) is 15.1 Å². The minimum atomic E-state index is 0.0813. The van der Waals surface area contributed by atoms with E-state index in [2.05, 4.69) is 36.2 Å². The second-order valence-electron chi connectivity index (χ2n) is 8.79. The van der Waals surface area contributed by atoms with E-state index < -0.39 is 0 Å². The molecule has 0 unspecified atom stereocenters. The van der Waals surface area contributed by atoms with Gasteiger partial charge in [-0.3, -0.25) is 14.5 Å². The highest BCUT2D eigenvalue weighted by atomic mass is 16.5. The van der Waals surface area contributed by atoms with Crippen LogP contribution in [-0.2, 0) is 22.6 Å². The second-order valence-corrected chi connectivity index (χ2v) is 8.79. The van der Waals surface area contributed by atoms with Gasteiger partial charge in [0.1, 0.15) is 5.75 Å². The highest BCUT2D eigenvalue weighted by Gasteiger charge is 2.19. The number of benzene rings is 1. The van der Waals surface area contributed by atoms with Crippen LogP contribution in [0, 0.1) is 0 Å². The highest BCUT2D eigenvalue weighted by Crippen LogP contribution is 2.24. The van der Waals surface area contributed by atoms with E-state index in [-0.39, 0.29) is 17.9 Å². The summed E-state index contributed by atoms with van der Waals surface area (Å²) >= 11 is 0. The largest absolute Gasteiger partial charge is 0.493 e. The van der Waals surface area contributed by atoms with E-state index in [1.165, 1.54) is 0 Å². The van der Waals surface area contributed by atoms with Crippen molar-refractivity contribution < 1.29 is 14.3 Å². The molecule has 3 rings (SSSR count). The molecule has 1 N–H and O–H groups in total. The van der Waals surface area contributed by atoms with E-state index in [0.717, 1.165) is 75.0 Å². The van der Waals surface area contributed by atoms with Crippen LogP contribution in [0.4, 0.5) is 0 Å². The highest BCUT2D eigenvalue weighted by molar-refractivity contribution is 5.78. The Labute approximate surface area is 180 Å². The molecule has 0 spiro atoms. The van der Waals surface area contributed by atoms with Crippen LogP contribution >= 0.6 is 0 Å². The van der Waals surface area contributed by atoms with E-state index in [0.29, 0.717) is 26.1 Å². The molecule has 1 aromatic rings. The fourth-order valence-corrected chi connectivity index (χ4v) is 4.12. The molecular formula is C24H37N3O3. The van der Waals surface area contributed by atoms with Crippen molar-refractivity contribution in [2.75, 3.05) is 32.8 Å². The molecule has 0 aliphatic carbocycles. The van der Waals surface area contributed by atoms with Gasteiger partial charge in [0.05, 0.1) is 13.2 Å². The lowest BCUT2D eigenvalue weighted by molar-refractivity contribution is -0.130. The van der Waals surface area contributed by atoms with Crippen LogP contribution in [-0.4, -0.2) is 60.4 Å². The average molecular weight is 416 g/mol. The van der Waals surface area contributed by atoms with Gasteiger partial charge in [-0.05, 0) is 64.0 Å². The summed E-state index contributed by atoms with van der Waals surface area (Å²) in [5.74, 6) is 1.24. The van der Waals surface area contributed by atoms with Crippen molar-refractivity contribution in [3.63, 3.8) is 0 Å². The zero-order chi connectivity index (χ0) is 21.3. The van der Waals surface area contributed by atoms with Gasteiger partial charge in [-0.15, -0.1) is 0 Å². The number of carbonyl (C=O) groups excluding carboxylic acids is 2. The number of rotatable bonds is 4. The average Bonchev–Trinajstić information content (AvgIpc) is 3.26. The maximum Gasteiger partial charge on any atom is 0.234 e. The molecule has 0 atom stereocenters. The SMILES string of the molecule is CC(C)N1CC(=O)NCCCCCOc2ccc(CCC(=O)N3CCCC3)cc2C1. The quantitative estimate of drug-likeness (QED) is 0.821. The molecule has 2 amide bonds. The third kappa shape index (κ3) is 6.73. The molecule has 1 saturated heterocycles. The zero-order valence-electron chi connectivity index (χ0n) is 18.6. The Bertz CT molecular complexity index is 714. The molecule has 2 heterocycles. The molecule has 2 aliphatic rings. The molecule has 0 aromatic heterocycles. The van der Waals surface area contributed by atoms with E-state index in [9.17, 15) is 9.59 Å². The number of nitrogens with one attached hydrogen (secondary N) is 1. The normalized spacial score (nSPS) is 19.3. The molecule has 0 bridgehead atoms. The number of hydrogen-bond donors (Lipinski definition) is 1. The van der Waals surface area contributed by atoms with Crippen LogP contribution in [0.1, 0.15) is 63.5 Å². The van der Waals surface area contributed by atoms with Crippen molar-refractivity contribution in [2.45, 2.75) is 71.4 Å². The Hall–Kier alpha value is -2.08. The van der Waals surface area contributed by atoms with Gasteiger partial charge < -0.3 is 15.0 Å². The number of ether oxygens (including phenoxy) is 1. The summed E-state index contributed by atoms with van der Waals surface area (Å²) in [6.45, 7) is 8.50. The van der Waals surface area contributed by atoms with E-state index in [1.54, 1.807) is 0 Å². The van der Waals surface area contributed by atoms with Crippen LogP contribution in [0.25, 0.3) is 0 Å². The van der Waals surface area contributed by atoms with E-state index in [4.69, 9.17) is 4.74 Å². The lowest BCUT2D eigenvalue weighted by atomic mass is 10.0. The van der Waals surface area contributed by atoms with Crippen LogP contribution in [0.15, 0.2) is 18.2 Å². The third-order valence-electron chi connectivity index (χ3n) is 6.06. The second kappa shape index (κ2) is 11.3. The number of carbonyl (C=O) groups is 2. The number of likely N-dealkylation sites (tertiary alicyclic amines) is 1. The Morgan fingerprint density at radius 3 is 2.67 bits per heavy atom. The molecule has 0 saturated carbocycles. The third-order valence-corrected chi connectivity index (χ3v) is 6.06. The molecule has 6 nitrogen and oxygen atoms in total. The number of nitrogens with zero attached hydrogens (tertiary/aromatic N) is 2. The van der Waals surface area contributed by atoms with Gasteiger partial charge >= 0.3 is 0 Å². The Morgan fingerprint density at radius 1 is 1.10 bits per heavy atom. The van der Waals surface area contributed by atoms with Crippen molar-refractivity contribution in [2.24, 2.45) is 0 Å². The Balaban J connectivity index is 1.73. The summed E-state index contributed by atoms with van der Waals surface area (Å²) in [6, 6.07) is 6.54. The van der Waals surface area contributed by atoms with Crippen LogP contribution in [0.3, 0.4) is 0 Å². The summed E-state index contributed by atoms with van der Waals surface area (Å²) < 4.78 is 6.11. The summed E-state index contributed by atoms with van der Waals surface area (Å²) in [7, 11) is 0. The molecular weight excluding hydrogens is 378 g/mol. The maximum atomic E-state index is 12.4. The minimum absolute atomic E-state index is 0.0813. The van der Waals surface area contributed by atoms with Crippen LogP contribution in [0.2, 0.25) is 0 Å². The maximum absolute atomic E-state index is 12.4. The number of aryl methyl sites for hydroxylation is 1. The van der Waals surface area contributed by atoms with Crippen molar-refractivity contribution >= 4 is 11.8 Å². The molecule has 6 heteroatoms. The first-order valence-electron chi connectivity index (χ1n) is 11.6. The molecule has 0 radical (unpaired) electrons. The fraction of sp³-hybridized carbons (Fsp3) is 0.667. The predicted molar refractivity (Wildman–Crippen MR) is 118 cm³/mol. The van der Waals surface area contributed by atoms with Gasteiger partial charge in [0.2, 0.25) is 11.8 Å². The molecule has 1 fully saturated rings. The first-order valence-corrected chi connectivity index (χ1v) is 11.6. The molecule has 2 aliphatic heterocycles. The molecule has 166 valence electrons. The Morgan fingerprint density at radius 2 is 1.90 bits per heavy atom. The zero-order valence-corrected chi connectivity index (χ0v) is 18.6. The van der Waals surface area contributed by atoms with Gasteiger partial charge in [0.25, 0.3) is 0 Å². The van der Waals surface area contributed by atoms with Gasteiger partial charge in [0, 0.05) is 44.2 Å². The summed E-state index contributed by atoms with van der Waals surface area (Å²) in [6.07, 6.45) is 6.55. The van der Waals surface area contributed by atoms with Gasteiger partial charge in [0.15, 0.2) is 0 Å². The fourth-order valence-electron chi connectivity index (χ4n) is 4.12. The van der Waals surface area contributed by atoms with E-state index >= 15 is 0 Å². The topological polar surface area (TPSA) is 61.9 Å². The van der Waals surface area contributed by atoms with Gasteiger partial charge in [-0.2, -0.15) is 0 Å². The number of fused-ring (bicyclic) bond motifs is 1. The Kier molecular flexibility index (Phi) is 8.55. The molecule has 30 heavy (non-hydrogen) atoms. The first-order chi connectivity index (χ1) is 14.5. The van der Waals surface area contributed by atoms with Gasteiger partial charge in [-0.1, -0.05) is 12.1 Å². The lowest BCUT2D eigenvalue weighted by Gasteiger charge is -2.27.